The number of aliphatic hydroxyl groups excluding tert-OH is 3. The van der Waals surface area contributed by atoms with E-state index in [2.05, 4.69) is 20.6 Å². The average Bonchev–Trinajstić information content (AvgIpc) is 3.69. The molecule has 0 spiro atoms. The summed E-state index contributed by atoms with van der Waals surface area (Å²) in [5.41, 5.74) is 0.321. The molecule has 5 atom stereocenters. The third kappa shape index (κ3) is 4.62. The first-order chi connectivity index (χ1) is 18.3. The predicted octanol–water partition coefficient (Wildman–Crippen LogP) is 1.30. The SMILES string of the molecule is CO[C@@H]1[C@@H](n2cc(-c3ccc(C)c(F)c3F)nn2)[C@@H](O)[C@@H](CO)O[C@@H]1Cc1cn(C2(CO)CCCC2)nn1. The molecule has 3 N–H and O–H groups in total. The fraction of sp³-hybridized carbons (Fsp3) is 0.600. The van der Waals surface area contributed by atoms with Crippen LogP contribution in [0.4, 0.5) is 8.78 Å². The van der Waals surface area contributed by atoms with Gasteiger partial charge in [-0.05, 0) is 31.4 Å². The van der Waals surface area contributed by atoms with Crippen molar-refractivity contribution in [3.05, 3.63) is 47.4 Å². The number of aromatic nitrogens is 6. The fourth-order valence-corrected chi connectivity index (χ4v) is 5.64. The van der Waals surface area contributed by atoms with E-state index >= 15 is 0 Å². The molecule has 1 aromatic carbocycles. The summed E-state index contributed by atoms with van der Waals surface area (Å²) in [7, 11) is 1.46. The number of rotatable bonds is 8. The summed E-state index contributed by atoms with van der Waals surface area (Å²) < 4.78 is 43.6. The van der Waals surface area contributed by atoms with Crippen molar-refractivity contribution in [1.29, 1.82) is 0 Å². The van der Waals surface area contributed by atoms with Crippen LogP contribution < -0.4 is 0 Å². The van der Waals surface area contributed by atoms with Gasteiger partial charge in [0, 0.05) is 25.3 Å². The van der Waals surface area contributed by atoms with E-state index in [1.165, 1.54) is 37.0 Å². The lowest BCUT2D eigenvalue weighted by Gasteiger charge is -2.43. The highest BCUT2D eigenvalue weighted by atomic mass is 19.2. The second-order valence-electron chi connectivity index (χ2n) is 10.2. The lowest BCUT2D eigenvalue weighted by atomic mass is 9.90. The molecule has 38 heavy (non-hydrogen) atoms. The van der Waals surface area contributed by atoms with Crippen molar-refractivity contribution in [2.24, 2.45) is 0 Å². The number of halogens is 2. The number of ether oxygens (including phenoxy) is 2. The van der Waals surface area contributed by atoms with E-state index in [9.17, 15) is 24.1 Å². The Bertz CT molecular complexity index is 1260. The number of benzene rings is 1. The molecule has 2 fully saturated rings. The monoisotopic (exact) mass is 534 g/mol. The Labute approximate surface area is 218 Å². The average molecular weight is 535 g/mol. The molecule has 1 saturated heterocycles. The Morgan fingerprint density at radius 2 is 1.84 bits per heavy atom. The minimum absolute atomic E-state index is 0.0304. The summed E-state index contributed by atoms with van der Waals surface area (Å²) in [5, 5.41) is 47.6. The van der Waals surface area contributed by atoms with E-state index in [1.807, 2.05) is 0 Å². The van der Waals surface area contributed by atoms with Crippen LogP contribution in [0.3, 0.4) is 0 Å². The minimum Gasteiger partial charge on any atom is -0.394 e. The third-order valence-corrected chi connectivity index (χ3v) is 7.87. The molecule has 3 heterocycles. The molecule has 1 aliphatic carbocycles. The maximum Gasteiger partial charge on any atom is 0.168 e. The summed E-state index contributed by atoms with van der Waals surface area (Å²) in [6.45, 7) is 0.966. The van der Waals surface area contributed by atoms with Gasteiger partial charge in [-0.1, -0.05) is 29.3 Å². The first-order valence-electron chi connectivity index (χ1n) is 12.7. The number of aliphatic hydroxyl groups is 3. The standard InChI is InChI=1S/C25H32F2N6O5/c1-14-5-6-16(21(27)20(14)26)17-11-32(30-29-17)22-23(36)19(12-34)38-18(24(22)37-2)9-15-10-33(31-28-15)25(13-35)7-3-4-8-25/h5-6,10-11,18-19,22-24,34-36H,3-4,7-9,12-13H2,1-2H3/t18-,19-,22+,23+,24+/m1/s1. The predicted molar refractivity (Wildman–Crippen MR) is 129 cm³/mol. The lowest BCUT2D eigenvalue weighted by molar-refractivity contribution is -0.212. The summed E-state index contributed by atoms with van der Waals surface area (Å²) in [5.74, 6) is -2.00. The third-order valence-electron chi connectivity index (χ3n) is 7.87. The van der Waals surface area contributed by atoms with Crippen LogP contribution in [0, 0.1) is 18.6 Å². The Balaban J connectivity index is 1.43. The Hall–Kier alpha value is -2.84. The van der Waals surface area contributed by atoms with Gasteiger partial charge in [0.1, 0.15) is 30.0 Å². The van der Waals surface area contributed by atoms with E-state index < -0.39 is 54.2 Å². The smallest absolute Gasteiger partial charge is 0.168 e. The second-order valence-corrected chi connectivity index (χ2v) is 10.2. The van der Waals surface area contributed by atoms with Crippen molar-refractivity contribution < 1.29 is 33.6 Å². The number of hydrogen-bond acceptors (Lipinski definition) is 9. The van der Waals surface area contributed by atoms with Gasteiger partial charge in [-0.2, -0.15) is 0 Å². The van der Waals surface area contributed by atoms with E-state index in [-0.39, 0.29) is 29.8 Å². The maximum atomic E-state index is 14.6. The van der Waals surface area contributed by atoms with Crippen molar-refractivity contribution in [2.75, 3.05) is 20.3 Å². The van der Waals surface area contributed by atoms with E-state index in [0.717, 1.165) is 25.7 Å². The molecule has 0 bridgehead atoms. The zero-order valence-corrected chi connectivity index (χ0v) is 21.2. The highest BCUT2D eigenvalue weighted by molar-refractivity contribution is 5.59. The van der Waals surface area contributed by atoms with Gasteiger partial charge >= 0.3 is 0 Å². The van der Waals surface area contributed by atoms with E-state index in [0.29, 0.717) is 5.69 Å². The molecular formula is C25H32F2N6O5. The van der Waals surface area contributed by atoms with Gasteiger partial charge in [0.15, 0.2) is 11.6 Å². The molecule has 2 aromatic heterocycles. The normalized spacial score (nSPS) is 27.2. The topological polar surface area (TPSA) is 141 Å². The van der Waals surface area contributed by atoms with Crippen LogP contribution in [-0.2, 0) is 21.4 Å². The first-order valence-corrected chi connectivity index (χ1v) is 12.7. The maximum absolute atomic E-state index is 14.6. The number of hydrogen-bond donors (Lipinski definition) is 3. The Morgan fingerprint density at radius 3 is 2.53 bits per heavy atom. The molecule has 0 radical (unpaired) electrons. The number of methoxy groups -OCH3 is 1. The highest BCUT2D eigenvalue weighted by Gasteiger charge is 2.47. The molecule has 13 heteroatoms. The van der Waals surface area contributed by atoms with Crippen LogP contribution in [-0.4, -0.2) is 90.0 Å². The Kier molecular flexibility index (Phi) is 7.56. The minimum atomic E-state index is -1.23. The van der Waals surface area contributed by atoms with Crippen molar-refractivity contribution >= 4 is 0 Å². The van der Waals surface area contributed by atoms with Crippen LogP contribution >= 0.6 is 0 Å². The molecule has 0 amide bonds. The molecular weight excluding hydrogens is 502 g/mol. The lowest BCUT2D eigenvalue weighted by Crippen LogP contribution is -2.57. The quantitative estimate of drug-likeness (QED) is 0.390. The largest absolute Gasteiger partial charge is 0.394 e. The summed E-state index contributed by atoms with van der Waals surface area (Å²) in [6.07, 6.45) is 3.46. The zero-order chi connectivity index (χ0) is 27.0. The van der Waals surface area contributed by atoms with E-state index in [1.54, 1.807) is 10.9 Å². The number of nitrogens with zero attached hydrogens (tertiary/aromatic N) is 6. The van der Waals surface area contributed by atoms with E-state index in [4.69, 9.17) is 9.47 Å². The molecule has 11 nitrogen and oxygen atoms in total. The molecule has 0 unspecified atom stereocenters. The molecule has 5 rings (SSSR count). The fourth-order valence-electron chi connectivity index (χ4n) is 5.64. The second kappa shape index (κ2) is 10.7. The summed E-state index contributed by atoms with van der Waals surface area (Å²) >= 11 is 0. The van der Waals surface area contributed by atoms with Crippen LogP contribution in [0.1, 0.15) is 43.0 Å². The van der Waals surface area contributed by atoms with Crippen LogP contribution in [0.5, 0.6) is 0 Å². The van der Waals surface area contributed by atoms with Gasteiger partial charge < -0.3 is 24.8 Å². The van der Waals surface area contributed by atoms with Crippen LogP contribution in [0.15, 0.2) is 24.5 Å². The van der Waals surface area contributed by atoms with Gasteiger partial charge in [-0.3, -0.25) is 0 Å². The van der Waals surface area contributed by atoms with Crippen LogP contribution in [0.2, 0.25) is 0 Å². The summed E-state index contributed by atoms with van der Waals surface area (Å²) in [6, 6.07) is 2.01. The van der Waals surface area contributed by atoms with Gasteiger partial charge in [0.25, 0.3) is 0 Å². The van der Waals surface area contributed by atoms with Crippen molar-refractivity contribution in [1.82, 2.24) is 30.0 Å². The van der Waals surface area contributed by atoms with Gasteiger partial charge in [0.05, 0.1) is 36.7 Å². The molecule has 206 valence electrons. The number of aryl methyl sites for hydroxylation is 1. The highest BCUT2D eigenvalue weighted by Crippen LogP contribution is 2.37. The first kappa shape index (κ1) is 26.8. The molecule has 1 aliphatic heterocycles. The van der Waals surface area contributed by atoms with Crippen molar-refractivity contribution in [3.8, 4) is 11.3 Å². The zero-order valence-electron chi connectivity index (χ0n) is 21.2. The van der Waals surface area contributed by atoms with Crippen LogP contribution in [0.25, 0.3) is 11.3 Å². The van der Waals surface area contributed by atoms with Crippen molar-refractivity contribution in [2.45, 2.75) is 75.0 Å². The van der Waals surface area contributed by atoms with Gasteiger partial charge in [-0.15, -0.1) is 10.2 Å². The molecule has 2 aliphatic rings. The molecule has 1 saturated carbocycles. The Morgan fingerprint density at radius 1 is 1.08 bits per heavy atom. The van der Waals surface area contributed by atoms with Gasteiger partial charge in [0.2, 0.25) is 0 Å². The van der Waals surface area contributed by atoms with Gasteiger partial charge in [-0.25, -0.2) is 18.1 Å². The molecule has 3 aromatic rings. The van der Waals surface area contributed by atoms with Crippen molar-refractivity contribution in [3.63, 3.8) is 0 Å². The summed E-state index contributed by atoms with van der Waals surface area (Å²) in [4.78, 5) is 0.